The molecule has 0 aliphatic rings. The van der Waals surface area contributed by atoms with Crippen molar-refractivity contribution in [3.05, 3.63) is 30.1 Å². The standard InChI is InChI=1S/C12H16N2O/c1-3-6-11(15)12-13-9-7-4-5-8-10(9)14(12)2/h4-5,7-8,11,15H,3,6H2,1-2H3/t11-/m0/s1. The van der Waals surface area contributed by atoms with Crippen LogP contribution in [0.5, 0.6) is 0 Å². The van der Waals surface area contributed by atoms with E-state index in [0.717, 1.165) is 29.7 Å². The lowest BCUT2D eigenvalue weighted by molar-refractivity contribution is 0.154. The van der Waals surface area contributed by atoms with E-state index in [1.54, 1.807) is 0 Å². The van der Waals surface area contributed by atoms with Gasteiger partial charge in [0.05, 0.1) is 11.0 Å². The lowest BCUT2D eigenvalue weighted by Gasteiger charge is -2.08. The highest BCUT2D eigenvalue weighted by Gasteiger charge is 2.14. The molecule has 0 amide bonds. The van der Waals surface area contributed by atoms with Crippen LogP contribution in [0.25, 0.3) is 11.0 Å². The van der Waals surface area contributed by atoms with Crippen LogP contribution in [0, 0.1) is 0 Å². The predicted molar refractivity (Wildman–Crippen MR) is 60.6 cm³/mol. The molecule has 0 fully saturated rings. The van der Waals surface area contributed by atoms with Crippen molar-refractivity contribution in [3.8, 4) is 0 Å². The summed E-state index contributed by atoms with van der Waals surface area (Å²) in [4.78, 5) is 4.44. The van der Waals surface area contributed by atoms with Crippen molar-refractivity contribution in [2.24, 2.45) is 7.05 Å². The first-order chi connectivity index (χ1) is 7.24. The molecule has 3 heteroatoms. The van der Waals surface area contributed by atoms with E-state index in [9.17, 15) is 5.11 Å². The molecule has 1 aromatic heterocycles. The van der Waals surface area contributed by atoms with Crippen LogP contribution in [0.2, 0.25) is 0 Å². The van der Waals surface area contributed by atoms with Crippen molar-refractivity contribution in [2.75, 3.05) is 0 Å². The van der Waals surface area contributed by atoms with Crippen LogP contribution in [0.15, 0.2) is 24.3 Å². The second-order valence-corrected chi connectivity index (χ2v) is 3.82. The number of aliphatic hydroxyl groups is 1. The minimum absolute atomic E-state index is 0.451. The summed E-state index contributed by atoms with van der Waals surface area (Å²) in [6.07, 6.45) is 1.27. The second-order valence-electron chi connectivity index (χ2n) is 3.82. The zero-order chi connectivity index (χ0) is 10.8. The van der Waals surface area contributed by atoms with Crippen LogP contribution >= 0.6 is 0 Å². The Labute approximate surface area is 89.4 Å². The third kappa shape index (κ3) is 1.75. The van der Waals surface area contributed by atoms with Gasteiger partial charge in [0.15, 0.2) is 0 Å². The Bertz CT molecular complexity index is 462. The summed E-state index contributed by atoms with van der Waals surface area (Å²) in [5.41, 5.74) is 2.02. The molecule has 1 heterocycles. The first kappa shape index (κ1) is 10.2. The molecule has 1 N–H and O–H groups in total. The molecule has 0 saturated heterocycles. The largest absolute Gasteiger partial charge is 0.385 e. The van der Waals surface area contributed by atoms with E-state index in [0.29, 0.717) is 0 Å². The van der Waals surface area contributed by atoms with Crippen molar-refractivity contribution in [3.63, 3.8) is 0 Å². The van der Waals surface area contributed by atoms with Gasteiger partial charge in [-0.25, -0.2) is 4.98 Å². The first-order valence-corrected chi connectivity index (χ1v) is 5.33. The number of nitrogens with zero attached hydrogens (tertiary/aromatic N) is 2. The molecule has 0 spiro atoms. The van der Waals surface area contributed by atoms with Crippen LogP contribution in [0.1, 0.15) is 31.7 Å². The smallest absolute Gasteiger partial charge is 0.138 e. The van der Waals surface area contributed by atoms with Crippen LogP contribution < -0.4 is 0 Å². The Morgan fingerprint density at radius 2 is 2.13 bits per heavy atom. The van der Waals surface area contributed by atoms with Gasteiger partial charge in [0, 0.05) is 7.05 Å². The van der Waals surface area contributed by atoms with Gasteiger partial charge >= 0.3 is 0 Å². The number of benzene rings is 1. The molecule has 0 bridgehead atoms. The summed E-state index contributed by atoms with van der Waals surface area (Å²) in [5.74, 6) is 0.762. The van der Waals surface area contributed by atoms with E-state index in [2.05, 4.69) is 11.9 Å². The maximum Gasteiger partial charge on any atom is 0.138 e. The maximum absolute atomic E-state index is 9.92. The van der Waals surface area contributed by atoms with Crippen molar-refractivity contribution >= 4 is 11.0 Å². The number of hydrogen-bond acceptors (Lipinski definition) is 2. The average Bonchev–Trinajstić information content (AvgIpc) is 2.57. The molecule has 80 valence electrons. The SMILES string of the molecule is CCC[C@H](O)c1nc2ccccc2n1C. The molecular formula is C12H16N2O. The van der Waals surface area contributed by atoms with Crippen molar-refractivity contribution < 1.29 is 5.11 Å². The number of aliphatic hydroxyl groups excluding tert-OH is 1. The van der Waals surface area contributed by atoms with Gasteiger partial charge < -0.3 is 9.67 Å². The molecule has 0 aliphatic carbocycles. The molecule has 2 aromatic rings. The summed E-state index contributed by atoms with van der Waals surface area (Å²) in [6, 6.07) is 7.94. The summed E-state index contributed by atoms with van der Waals surface area (Å²) in [5, 5.41) is 9.92. The molecule has 1 aromatic carbocycles. The highest BCUT2D eigenvalue weighted by Crippen LogP contribution is 2.21. The molecule has 1 atom stereocenters. The number of hydrogen-bond donors (Lipinski definition) is 1. The van der Waals surface area contributed by atoms with E-state index in [-0.39, 0.29) is 0 Å². The van der Waals surface area contributed by atoms with Gasteiger partial charge in [-0.1, -0.05) is 25.5 Å². The van der Waals surface area contributed by atoms with Gasteiger partial charge in [0.1, 0.15) is 11.9 Å². The monoisotopic (exact) mass is 204 g/mol. The van der Waals surface area contributed by atoms with Crippen molar-refractivity contribution in [1.29, 1.82) is 0 Å². The van der Waals surface area contributed by atoms with E-state index < -0.39 is 6.10 Å². The van der Waals surface area contributed by atoms with Gasteiger partial charge in [0.25, 0.3) is 0 Å². The molecule has 0 radical (unpaired) electrons. The fourth-order valence-corrected chi connectivity index (χ4v) is 1.86. The van der Waals surface area contributed by atoms with Gasteiger partial charge in [-0.05, 0) is 18.6 Å². The molecule has 0 unspecified atom stereocenters. The normalized spacial score (nSPS) is 13.3. The molecule has 2 rings (SSSR count). The lowest BCUT2D eigenvalue weighted by Crippen LogP contribution is -2.05. The summed E-state index contributed by atoms with van der Waals surface area (Å²) >= 11 is 0. The van der Waals surface area contributed by atoms with Crippen LogP contribution in [-0.2, 0) is 7.05 Å². The van der Waals surface area contributed by atoms with Gasteiger partial charge in [0.2, 0.25) is 0 Å². The molecule has 0 aliphatic heterocycles. The van der Waals surface area contributed by atoms with Crippen molar-refractivity contribution in [2.45, 2.75) is 25.9 Å². The zero-order valence-electron chi connectivity index (χ0n) is 9.14. The quantitative estimate of drug-likeness (QED) is 0.833. The van der Waals surface area contributed by atoms with Crippen molar-refractivity contribution in [1.82, 2.24) is 9.55 Å². The number of aryl methyl sites for hydroxylation is 1. The number of fused-ring (bicyclic) bond motifs is 1. The third-order valence-electron chi connectivity index (χ3n) is 2.68. The maximum atomic E-state index is 9.92. The van der Waals surface area contributed by atoms with Crippen LogP contribution in [0.3, 0.4) is 0 Å². The Kier molecular flexibility index (Phi) is 2.73. The Morgan fingerprint density at radius 1 is 1.40 bits per heavy atom. The molecule has 15 heavy (non-hydrogen) atoms. The molecule has 3 nitrogen and oxygen atoms in total. The highest BCUT2D eigenvalue weighted by atomic mass is 16.3. The Hall–Kier alpha value is -1.35. The summed E-state index contributed by atoms with van der Waals surface area (Å²) in [7, 11) is 1.95. The lowest BCUT2D eigenvalue weighted by atomic mass is 10.2. The highest BCUT2D eigenvalue weighted by molar-refractivity contribution is 5.75. The zero-order valence-corrected chi connectivity index (χ0v) is 9.14. The van der Waals surface area contributed by atoms with E-state index in [1.807, 2.05) is 35.9 Å². The predicted octanol–water partition coefficient (Wildman–Crippen LogP) is 2.41. The Balaban J connectivity index is 2.48. The van der Waals surface area contributed by atoms with Gasteiger partial charge in [-0.15, -0.1) is 0 Å². The third-order valence-corrected chi connectivity index (χ3v) is 2.68. The van der Waals surface area contributed by atoms with E-state index >= 15 is 0 Å². The molecular weight excluding hydrogens is 188 g/mol. The molecule has 0 saturated carbocycles. The summed E-state index contributed by atoms with van der Waals surface area (Å²) in [6.45, 7) is 2.06. The summed E-state index contributed by atoms with van der Waals surface area (Å²) < 4.78 is 1.97. The van der Waals surface area contributed by atoms with E-state index in [1.165, 1.54) is 0 Å². The fourth-order valence-electron chi connectivity index (χ4n) is 1.86. The minimum atomic E-state index is -0.451. The minimum Gasteiger partial charge on any atom is -0.385 e. The van der Waals surface area contributed by atoms with Crippen LogP contribution in [-0.4, -0.2) is 14.7 Å². The van der Waals surface area contributed by atoms with Crippen LogP contribution in [0.4, 0.5) is 0 Å². The van der Waals surface area contributed by atoms with Gasteiger partial charge in [-0.2, -0.15) is 0 Å². The number of aromatic nitrogens is 2. The topological polar surface area (TPSA) is 38.1 Å². The number of para-hydroxylation sites is 2. The number of rotatable bonds is 3. The Morgan fingerprint density at radius 3 is 2.80 bits per heavy atom. The second kappa shape index (κ2) is 4.03. The van der Waals surface area contributed by atoms with Gasteiger partial charge in [-0.3, -0.25) is 0 Å². The number of imidazole rings is 1. The fraction of sp³-hybridized carbons (Fsp3) is 0.417. The van der Waals surface area contributed by atoms with E-state index in [4.69, 9.17) is 0 Å². The average molecular weight is 204 g/mol. The first-order valence-electron chi connectivity index (χ1n) is 5.33.